The maximum absolute atomic E-state index is 2.46. The summed E-state index contributed by atoms with van der Waals surface area (Å²) in [5, 5.41) is 4.87. The van der Waals surface area contributed by atoms with Crippen molar-refractivity contribution in [3.8, 4) is 50.2 Å². The molecule has 0 bridgehead atoms. The first kappa shape index (κ1) is 35.2. The fourth-order valence-corrected chi connectivity index (χ4v) is 9.02. The fraction of sp³-hybridized carbons (Fsp3) is 0. The largest absolute Gasteiger partial charge is 0.309 e. The average molecular weight is 765 g/mol. The van der Waals surface area contributed by atoms with Crippen molar-refractivity contribution in [3.05, 3.63) is 243 Å². The number of benzene rings is 10. The van der Waals surface area contributed by atoms with E-state index in [1.54, 1.807) is 0 Å². The normalized spacial score (nSPS) is 11.3. The summed E-state index contributed by atoms with van der Waals surface area (Å²) in [7, 11) is 0. The van der Waals surface area contributed by atoms with E-state index in [0.29, 0.717) is 0 Å². The van der Waals surface area contributed by atoms with Gasteiger partial charge >= 0.3 is 0 Å². The van der Waals surface area contributed by atoms with Crippen molar-refractivity contribution in [3.63, 3.8) is 0 Å². The summed E-state index contributed by atoms with van der Waals surface area (Å²) in [5.74, 6) is 0. The number of fused-ring (bicyclic) bond motifs is 4. The van der Waals surface area contributed by atoms with Gasteiger partial charge in [-0.05, 0) is 87.3 Å². The quantitative estimate of drug-likeness (QED) is 0.150. The number of aromatic nitrogens is 1. The van der Waals surface area contributed by atoms with Crippen LogP contribution < -0.4 is 4.90 Å². The molecular formula is C58H40N2. The van der Waals surface area contributed by atoms with Crippen LogP contribution in [0.4, 0.5) is 17.1 Å². The smallest absolute Gasteiger partial charge is 0.0541 e. The average Bonchev–Trinajstić information content (AvgIpc) is 3.67. The highest BCUT2D eigenvalue weighted by molar-refractivity contribution is 6.12. The molecule has 0 fully saturated rings. The number of hydrogen-bond donors (Lipinski definition) is 0. The van der Waals surface area contributed by atoms with Crippen molar-refractivity contribution < 1.29 is 0 Å². The van der Waals surface area contributed by atoms with Gasteiger partial charge in [0.25, 0.3) is 0 Å². The molecule has 0 aliphatic heterocycles. The minimum absolute atomic E-state index is 1.09. The lowest BCUT2D eigenvalue weighted by Crippen LogP contribution is -2.12. The third kappa shape index (κ3) is 6.14. The van der Waals surface area contributed by atoms with Gasteiger partial charge in [-0.3, -0.25) is 0 Å². The molecule has 0 spiro atoms. The summed E-state index contributed by atoms with van der Waals surface area (Å²) in [4.78, 5) is 2.46. The highest BCUT2D eigenvalue weighted by atomic mass is 15.1. The molecule has 1 aromatic heterocycles. The van der Waals surface area contributed by atoms with Gasteiger partial charge in [0, 0.05) is 33.0 Å². The second-order valence-electron chi connectivity index (χ2n) is 15.3. The predicted molar refractivity (Wildman–Crippen MR) is 255 cm³/mol. The highest BCUT2D eigenvalue weighted by Crippen LogP contribution is 2.47. The summed E-state index contributed by atoms with van der Waals surface area (Å²) in [5.41, 5.74) is 16.3. The summed E-state index contributed by atoms with van der Waals surface area (Å²) >= 11 is 0. The third-order valence-corrected chi connectivity index (χ3v) is 11.8. The molecule has 1 heterocycles. The lowest BCUT2D eigenvalue weighted by atomic mass is 9.93. The SMILES string of the molecule is c1ccc(-c2ccc(N(c3ccc(-c4ccccc4)cc3-c3ccccc3)c3ccc(-c4ccccc4-n4c5ccccc5c5ccccc54)c4ccccc34)cc2)cc1. The maximum Gasteiger partial charge on any atom is 0.0541 e. The minimum Gasteiger partial charge on any atom is -0.309 e. The van der Waals surface area contributed by atoms with Gasteiger partial charge in [-0.15, -0.1) is 0 Å². The Bertz CT molecular complexity index is 3240. The molecule has 0 radical (unpaired) electrons. The number of anilines is 3. The molecule has 0 amide bonds. The Morgan fingerprint density at radius 1 is 0.267 bits per heavy atom. The van der Waals surface area contributed by atoms with E-state index in [2.05, 4.69) is 252 Å². The fourth-order valence-electron chi connectivity index (χ4n) is 9.02. The molecule has 60 heavy (non-hydrogen) atoms. The number of para-hydroxylation sites is 3. The molecule has 11 aromatic rings. The van der Waals surface area contributed by atoms with Crippen LogP contribution in [0.5, 0.6) is 0 Å². The van der Waals surface area contributed by atoms with E-state index < -0.39 is 0 Å². The van der Waals surface area contributed by atoms with Gasteiger partial charge < -0.3 is 9.47 Å². The van der Waals surface area contributed by atoms with Crippen molar-refractivity contribution in [1.82, 2.24) is 4.57 Å². The van der Waals surface area contributed by atoms with Gasteiger partial charge in [-0.1, -0.05) is 194 Å². The zero-order valence-corrected chi connectivity index (χ0v) is 33.0. The molecule has 0 saturated heterocycles. The molecule has 0 atom stereocenters. The third-order valence-electron chi connectivity index (χ3n) is 11.8. The van der Waals surface area contributed by atoms with Crippen molar-refractivity contribution in [2.45, 2.75) is 0 Å². The monoisotopic (exact) mass is 764 g/mol. The van der Waals surface area contributed by atoms with Crippen LogP contribution in [0.3, 0.4) is 0 Å². The lowest BCUT2D eigenvalue weighted by molar-refractivity contribution is 1.18. The first-order valence-electron chi connectivity index (χ1n) is 20.6. The standard InChI is InChI=1S/C58H40N2/c1-4-18-41(19-5-1)43-32-35-46(36-33-43)59(58-38-34-45(42-20-6-2-7-21-42)40-53(58)44-22-8-3-9-23-44)57-39-37-48(47-24-10-11-25-49(47)57)50-26-12-15-29-54(50)60-55-30-16-13-27-51(55)52-28-14-17-31-56(52)60/h1-40H. The van der Waals surface area contributed by atoms with Gasteiger partial charge in [-0.2, -0.15) is 0 Å². The Labute approximate surface area is 350 Å². The van der Waals surface area contributed by atoms with Crippen molar-refractivity contribution in [2.24, 2.45) is 0 Å². The van der Waals surface area contributed by atoms with Crippen LogP contribution in [0.1, 0.15) is 0 Å². The van der Waals surface area contributed by atoms with Gasteiger partial charge in [0.2, 0.25) is 0 Å². The van der Waals surface area contributed by atoms with Crippen molar-refractivity contribution >= 4 is 49.6 Å². The second-order valence-corrected chi connectivity index (χ2v) is 15.3. The Balaban J connectivity index is 1.14. The summed E-state index contributed by atoms with van der Waals surface area (Å²) in [6.45, 7) is 0. The van der Waals surface area contributed by atoms with Crippen LogP contribution in [0.2, 0.25) is 0 Å². The van der Waals surface area contributed by atoms with E-state index in [1.807, 2.05) is 0 Å². The van der Waals surface area contributed by atoms with Gasteiger partial charge in [-0.25, -0.2) is 0 Å². The van der Waals surface area contributed by atoms with E-state index in [9.17, 15) is 0 Å². The van der Waals surface area contributed by atoms with E-state index in [1.165, 1.54) is 66.0 Å². The zero-order valence-electron chi connectivity index (χ0n) is 33.0. The van der Waals surface area contributed by atoms with Gasteiger partial charge in [0.05, 0.1) is 28.1 Å². The molecule has 282 valence electrons. The Morgan fingerprint density at radius 2 is 0.733 bits per heavy atom. The number of nitrogens with zero attached hydrogens (tertiary/aromatic N) is 2. The van der Waals surface area contributed by atoms with Gasteiger partial charge in [0.1, 0.15) is 0 Å². The Morgan fingerprint density at radius 3 is 1.38 bits per heavy atom. The van der Waals surface area contributed by atoms with E-state index >= 15 is 0 Å². The Hall–Kier alpha value is -7.94. The maximum atomic E-state index is 2.46. The first-order chi connectivity index (χ1) is 29.8. The predicted octanol–water partition coefficient (Wildman–Crippen LogP) is 16.1. The second kappa shape index (κ2) is 15.1. The summed E-state index contributed by atoms with van der Waals surface area (Å²) < 4.78 is 2.43. The van der Waals surface area contributed by atoms with Crippen molar-refractivity contribution in [1.29, 1.82) is 0 Å². The van der Waals surface area contributed by atoms with Crippen LogP contribution in [-0.4, -0.2) is 4.57 Å². The van der Waals surface area contributed by atoms with Crippen LogP contribution in [0.25, 0.3) is 82.8 Å². The first-order valence-corrected chi connectivity index (χ1v) is 20.6. The Kier molecular flexibility index (Phi) is 8.87. The summed E-state index contributed by atoms with van der Waals surface area (Å²) in [6.07, 6.45) is 0. The molecule has 0 unspecified atom stereocenters. The minimum atomic E-state index is 1.09. The molecule has 0 N–H and O–H groups in total. The molecule has 10 aromatic carbocycles. The van der Waals surface area contributed by atoms with E-state index in [0.717, 1.165) is 33.9 Å². The zero-order chi connectivity index (χ0) is 39.8. The molecule has 0 aliphatic rings. The highest BCUT2D eigenvalue weighted by Gasteiger charge is 2.23. The lowest BCUT2D eigenvalue weighted by Gasteiger charge is -2.30. The molecular weight excluding hydrogens is 725 g/mol. The van der Waals surface area contributed by atoms with Gasteiger partial charge in [0.15, 0.2) is 0 Å². The van der Waals surface area contributed by atoms with Crippen LogP contribution in [0, 0.1) is 0 Å². The number of rotatable bonds is 8. The van der Waals surface area contributed by atoms with E-state index in [-0.39, 0.29) is 0 Å². The molecule has 2 nitrogen and oxygen atoms in total. The number of hydrogen-bond acceptors (Lipinski definition) is 1. The van der Waals surface area contributed by atoms with Crippen molar-refractivity contribution in [2.75, 3.05) is 4.90 Å². The van der Waals surface area contributed by atoms with Crippen LogP contribution >= 0.6 is 0 Å². The van der Waals surface area contributed by atoms with Crippen LogP contribution in [0.15, 0.2) is 243 Å². The molecule has 2 heteroatoms. The van der Waals surface area contributed by atoms with Crippen LogP contribution in [-0.2, 0) is 0 Å². The van der Waals surface area contributed by atoms with E-state index in [4.69, 9.17) is 0 Å². The molecule has 0 aliphatic carbocycles. The molecule has 0 saturated carbocycles. The summed E-state index contributed by atoms with van der Waals surface area (Å²) in [6, 6.07) is 87.9. The molecule has 11 rings (SSSR count). The topological polar surface area (TPSA) is 8.17 Å².